The Balaban J connectivity index is 1.66. The van der Waals surface area contributed by atoms with Crippen molar-refractivity contribution in [1.82, 2.24) is 9.78 Å². The zero-order valence-electron chi connectivity index (χ0n) is 16.1. The van der Waals surface area contributed by atoms with Crippen molar-refractivity contribution >= 4 is 17.6 Å². The van der Waals surface area contributed by atoms with Gasteiger partial charge in [0.1, 0.15) is 0 Å². The van der Waals surface area contributed by atoms with Gasteiger partial charge in [0.05, 0.1) is 22.5 Å². The molecule has 9 heteroatoms. The van der Waals surface area contributed by atoms with Gasteiger partial charge in [-0.3, -0.25) is 4.79 Å². The van der Waals surface area contributed by atoms with Gasteiger partial charge in [0.25, 0.3) is 5.91 Å². The van der Waals surface area contributed by atoms with Crippen LogP contribution in [0.2, 0.25) is 0 Å². The number of anilines is 1. The highest BCUT2D eigenvalue weighted by molar-refractivity contribution is 5.97. The maximum absolute atomic E-state index is 13.0. The molecule has 1 amide bonds. The fourth-order valence-electron chi connectivity index (χ4n) is 2.73. The standard InChI is InChI=1S/C21H18F3N3O3/c1-13-11-12-25-27(13)16-9-7-15(8-10-16)20(29)30-14(2)19(28)26-18-6-4-3-5-17(18)21(22,23)24/h3-12,14H,1-2H3,(H,26,28). The number of carbonyl (C=O) groups excluding carboxylic acids is 2. The summed E-state index contributed by atoms with van der Waals surface area (Å²) in [4.78, 5) is 24.5. The zero-order chi connectivity index (χ0) is 21.9. The fourth-order valence-corrected chi connectivity index (χ4v) is 2.73. The number of nitrogens with one attached hydrogen (secondary N) is 1. The molecule has 156 valence electrons. The van der Waals surface area contributed by atoms with Crippen molar-refractivity contribution in [1.29, 1.82) is 0 Å². The van der Waals surface area contributed by atoms with E-state index < -0.39 is 35.4 Å². The normalized spacial score (nSPS) is 12.3. The van der Waals surface area contributed by atoms with E-state index in [2.05, 4.69) is 10.4 Å². The smallest absolute Gasteiger partial charge is 0.418 e. The Morgan fingerprint density at radius 3 is 2.33 bits per heavy atom. The van der Waals surface area contributed by atoms with Gasteiger partial charge in [0, 0.05) is 11.9 Å². The average molecular weight is 417 g/mol. The van der Waals surface area contributed by atoms with Crippen LogP contribution in [-0.4, -0.2) is 27.8 Å². The number of rotatable bonds is 5. The number of aryl methyl sites for hydroxylation is 1. The molecule has 1 N–H and O–H groups in total. The van der Waals surface area contributed by atoms with Gasteiger partial charge in [0.2, 0.25) is 0 Å². The van der Waals surface area contributed by atoms with Crippen molar-refractivity contribution in [2.45, 2.75) is 26.1 Å². The molecular weight excluding hydrogens is 399 g/mol. The maximum atomic E-state index is 13.0. The van der Waals surface area contributed by atoms with Crippen molar-refractivity contribution in [2.75, 3.05) is 5.32 Å². The highest BCUT2D eigenvalue weighted by atomic mass is 19.4. The monoisotopic (exact) mass is 417 g/mol. The minimum atomic E-state index is -4.63. The van der Waals surface area contributed by atoms with Gasteiger partial charge in [-0.1, -0.05) is 12.1 Å². The quantitative estimate of drug-likeness (QED) is 0.625. The van der Waals surface area contributed by atoms with E-state index in [4.69, 9.17) is 4.74 Å². The fraction of sp³-hybridized carbons (Fsp3) is 0.190. The number of nitrogens with zero attached hydrogens (tertiary/aromatic N) is 2. The molecule has 0 aliphatic carbocycles. The number of halogens is 3. The number of alkyl halides is 3. The Labute approximate surface area is 170 Å². The summed E-state index contributed by atoms with van der Waals surface area (Å²) in [6.45, 7) is 3.16. The number of ether oxygens (including phenoxy) is 1. The van der Waals surface area contributed by atoms with Crippen LogP contribution in [0.3, 0.4) is 0 Å². The number of benzene rings is 2. The Morgan fingerprint density at radius 1 is 1.07 bits per heavy atom. The molecule has 2 aromatic carbocycles. The molecular formula is C21H18F3N3O3. The molecule has 1 atom stereocenters. The number of amides is 1. The van der Waals surface area contributed by atoms with Gasteiger partial charge >= 0.3 is 12.1 Å². The summed E-state index contributed by atoms with van der Waals surface area (Å²) in [5.41, 5.74) is 0.454. The third kappa shape index (κ3) is 4.68. The number of carbonyl (C=O) groups is 2. The van der Waals surface area contributed by atoms with E-state index in [-0.39, 0.29) is 5.56 Å². The van der Waals surface area contributed by atoms with E-state index in [9.17, 15) is 22.8 Å². The number of hydrogen-bond acceptors (Lipinski definition) is 4. The molecule has 0 radical (unpaired) electrons. The lowest BCUT2D eigenvalue weighted by Gasteiger charge is -2.17. The lowest BCUT2D eigenvalue weighted by molar-refractivity contribution is -0.137. The molecule has 0 aliphatic rings. The molecule has 0 aliphatic heterocycles. The largest absolute Gasteiger partial charge is 0.449 e. The molecule has 1 unspecified atom stereocenters. The summed E-state index contributed by atoms with van der Waals surface area (Å²) in [6, 6.07) is 12.8. The maximum Gasteiger partial charge on any atom is 0.418 e. The van der Waals surface area contributed by atoms with Gasteiger partial charge in [-0.25, -0.2) is 9.48 Å². The molecule has 1 aromatic heterocycles. The van der Waals surface area contributed by atoms with Crippen molar-refractivity contribution < 1.29 is 27.5 Å². The van der Waals surface area contributed by atoms with Crippen LogP contribution in [-0.2, 0) is 15.7 Å². The Bertz CT molecular complexity index is 1060. The van der Waals surface area contributed by atoms with Crippen LogP contribution < -0.4 is 5.32 Å². The second kappa shape index (κ2) is 8.40. The van der Waals surface area contributed by atoms with Gasteiger partial charge in [-0.05, 0) is 56.3 Å². The third-order valence-corrected chi connectivity index (χ3v) is 4.32. The van der Waals surface area contributed by atoms with Gasteiger partial charge < -0.3 is 10.1 Å². The van der Waals surface area contributed by atoms with Crippen molar-refractivity contribution in [3.8, 4) is 5.69 Å². The van der Waals surface area contributed by atoms with E-state index in [0.717, 1.165) is 23.5 Å². The van der Waals surface area contributed by atoms with E-state index in [1.54, 1.807) is 23.0 Å². The predicted octanol–water partition coefficient (Wildman–Crippen LogP) is 4.38. The molecule has 30 heavy (non-hydrogen) atoms. The lowest BCUT2D eigenvalue weighted by atomic mass is 10.1. The van der Waals surface area contributed by atoms with Crippen LogP contribution in [0.5, 0.6) is 0 Å². The van der Waals surface area contributed by atoms with Crippen molar-refractivity contribution in [2.24, 2.45) is 0 Å². The van der Waals surface area contributed by atoms with Crippen LogP contribution in [0.15, 0.2) is 60.8 Å². The van der Waals surface area contributed by atoms with E-state index in [0.29, 0.717) is 0 Å². The van der Waals surface area contributed by atoms with Crippen LogP contribution in [0.4, 0.5) is 18.9 Å². The van der Waals surface area contributed by atoms with Gasteiger partial charge in [-0.2, -0.15) is 18.3 Å². The van der Waals surface area contributed by atoms with Crippen LogP contribution >= 0.6 is 0 Å². The highest BCUT2D eigenvalue weighted by Crippen LogP contribution is 2.34. The summed E-state index contributed by atoms with van der Waals surface area (Å²) in [7, 11) is 0. The Hall–Kier alpha value is -3.62. The summed E-state index contributed by atoms with van der Waals surface area (Å²) in [5, 5.41) is 6.32. The first kappa shape index (κ1) is 21.1. The summed E-state index contributed by atoms with van der Waals surface area (Å²) < 4.78 is 45.9. The Kier molecular flexibility index (Phi) is 5.91. The molecule has 3 aromatic rings. The average Bonchev–Trinajstić information content (AvgIpc) is 3.13. The van der Waals surface area contributed by atoms with E-state index in [1.165, 1.54) is 31.2 Å². The lowest BCUT2D eigenvalue weighted by Crippen LogP contribution is -2.30. The minimum Gasteiger partial charge on any atom is -0.449 e. The number of para-hydroxylation sites is 1. The predicted molar refractivity (Wildman–Crippen MR) is 103 cm³/mol. The molecule has 0 fully saturated rings. The first-order valence-corrected chi connectivity index (χ1v) is 8.96. The summed E-state index contributed by atoms with van der Waals surface area (Å²) >= 11 is 0. The molecule has 0 saturated heterocycles. The molecule has 0 spiro atoms. The van der Waals surface area contributed by atoms with Gasteiger partial charge in [-0.15, -0.1) is 0 Å². The number of esters is 1. The first-order valence-electron chi connectivity index (χ1n) is 8.96. The van der Waals surface area contributed by atoms with Crippen LogP contribution in [0.25, 0.3) is 5.69 Å². The van der Waals surface area contributed by atoms with Crippen LogP contribution in [0, 0.1) is 6.92 Å². The third-order valence-electron chi connectivity index (χ3n) is 4.32. The molecule has 6 nitrogen and oxygen atoms in total. The SMILES string of the molecule is Cc1ccnn1-c1ccc(C(=O)OC(C)C(=O)Nc2ccccc2C(F)(F)F)cc1. The highest BCUT2D eigenvalue weighted by Gasteiger charge is 2.34. The molecule has 0 bridgehead atoms. The minimum absolute atomic E-state index is 0.193. The summed E-state index contributed by atoms with van der Waals surface area (Å²) in [5.74, 6) is -1.64. The van der Waals surface area contributed by atoms with Crippen molar-refractivity contribution in [3.63, 3.8) is 0 Å². The number of aromatic nitrogens is 2. The molecule has 1 heterocycles. The first-order chi connectivity index (χ1) is 14.2. The number of hydrogen-bond donors (Lipinski definition) is 1. The zero-order valence-corrected chi connectivity index (χ0v) is 16.1. The molecule has 3 rings (SSSR count). The van der Waals surface area contributed by atoms with Gasteiger partial charge in [0.15, 0.2) is 6.10 Å². The molecule has 0 saturated carbocycles. The van der Waals surface area contributed by atoms with Crippen LogP contribution in [0.1, 0.15) is 28.5 Å². The second-order valence-corrected chi connectivity index (χ2v) is 6.51. The van der Waals surface area contributed by atoms with E-state index >= 15 is 0 Å². The van der Waals surface area contributed by atoms with Crippen molar-refractivity contribution in [3.05, 3.63) is 77.6 Å². The second-order valence-electron chi connectivity index (χ2n) is 6.51. The Morgan fingerprint density at radius 2 is 1.73 bits per heavy atom. The summed E-state index contributed by atoms with van der Waals surface area (Å²) in [6.07, 6.45) is -4.28. The van der Waals surface area contributed by atoms with E-state index in [1.807, 2.05) is 13.0 Å². The topological polar surface area (TPSA) is 73.2 Å².